The summed E-state index contributed by atoms with van der Waals surface area (Å²) in [5, 5.41) is 0. The van der Waals surface area contributed by atoms with Gasteiger partial charge in [-0.25, -0.2) is 0 Å². The molecule has 3 aromatic rings. The molecule has 2 nitrogen and oxygen atoms in total. The van der Waals surface area contributed by atoms with E-state index in [4.69, 9.17) is 5.73 Å². The van der Waals surface area contributed by atoms with Crippen molar-refractivity contribution in [1.29, 1.82) is 0 Å². The van der Waals surface area contributed by atoms with Crippen molar-refractivity contribution >= 4 is 27.3 Å². The molecule has 0 aliphatic rings. The summed E-state index contributed by atoms with van der Waals surface area (Å²) in [5.74, 6) is 0. The molecule has 0 fully saturated rings. The Hall–Kier alpha value is -2.10. The summed E-state index contributed by atoms with van der Waals surface area (Å²) in [6, 6.07) is 29.2. The van der Waals surface area contributed by atoms with E-state index in [1.165, 1.54) is 5.56 Å². The van der Waals surface area contributed by atoms with Gasteiger partial charge in [0, 0.05) is 22.4 Å². The summed E-state index contributed by atoms with van der Waals surface area (Å²) in [4.78, 5) is 2.29. The molecular formula is C20H19BrN2. The SMILES string of the molecule is NCC(c1ccccc1)N(c1ccccc1)c1ccc(Br)cc1. The molecule has 0 aliphatic carbocycles. The molecule has 3 heteroatoms. The van der Waals surface area contributed by atoms with E-state index in [1.54, 1.807) is 0 Å². The lowest BCUT2D eigenvalue weighted by Crippen LogP contribution is -2.30. The Morgan fingerprint density at radius 2 is 1.26 bits per heavy atom. The van der Waals surface area contributed by atoms with Crippen molar-refractivity contribution in [3.8, 4) is 0 Å². The molecule has 0 heterocycles. The minimum atomic E-state index is 0.0831. The monoisotopic (exact) mass is 366 g/mol. The van der Waals surface area contributed by atoms with E-state index in [0.717, 1.165) is 15.8 Å². The van der Waals surface area contributed by atoms with Gasteiger partial charge in [-0.15, -0.1) is 0 Å². The van der Waals surface area contributed by atoms with E-state index in [1.807, 2.05) is 12.1 Å². The first-order valence-corrected chi connectivity index (χ1v) is 8.44. The van der Waals surface area contributed by atoms with Gasteiger partial charge in [0.1, 0.15) is 0 Å². The number of para-hydroxylation sites is 1. The second kappa shape index (κ2) is 7.44. The minimum Gasteiger partial charge on any atom is -0.333 e. The van der Waals surface area contributed by atoms with Crippen molar-refractivity contribution in [3.05, 3.63) is 95.0 Å². The Morgan fingerprint density at radius 1 is 0.739 bits per heavy atom. The van der Waals surface area contributed by atoms with Crippen molar-refractivity contribution in [2.45, 2.75) is 6.04 Å². The smallest absolute Gasteiger partial charge is 0.0713 e. The van der Waals surface area contributed by atoms with Gasteiger partial charge in [0.25, 0.3) is 0 Å². The molecule has 3 aromatic carbocycles. The number of hydrogen-bond acceptors (Lipinski definition) is 2. The maximum atomic E-state index is 6.16. The summed E-state index contributed by atoms with van der Waals surface area (Å²) in [6.07, 6.45) is 0. The number of nitrogens with zero attached hydrogens (tertiary/aromatic N) is 1. The second-order valence-corrected chi connectivity index (χ2v) is 6.26. The van der Waals surface area contributed by atoms with E-state index in [9.17, 15) is 0 Å². The average Bonchev–Trinajstić information content (AvgIpc) is 2.62. The highest BCUT2D eigenvalue weighted by atomic mass is 79.9. The van der Waals surface area contributed by atoms with Crippen LogP contribution in [-0.2, 0) is 0 Å². The van der Waals surface area contributed by atoms with Crippen LogP contribution in [0.1, 0.15) is 11.6 Å². The van der Waals surface area contributed by atoms with Crippen LogP contribution in [0.15, 0.2) is 89.4 Å². The van der Waals surface area contributed by atoms with Crippen LogP contribution in [0.3, 0.4) is 0 Å². The molecule has 0 saturated heterocycles. The highest BCUT2D eigenvalue weighted by molar-refractivity contribution is 9.10. The summed E-state index contributed by atoms with van der Waals surface area (Å²) >= 11 is 3.51. The maximum absolute atomic E-state index is 6.16. The number of hydrogen-bond donors (Lipinski definition) is 1. The summed E-state index contributed by atoms with van der Waals surface area (Å²) < 4.78 is 1.07. The Morgan fingerprint density at radius 3 is 1.83 bits per heavy atom. The lowest BCUT2D eigenvalue weighted by Gasteiger charge is -2.33. The molecule has 0 spiro atoms. The van der Waals surface area contributed by atoms with Gasteiger partial charge in [-0.2, -0.15) is 0 Å². The minimum absolute atomic E-state index is 0.0831. The van der Waals surface area contributed by atoms with Crippen LogP contribution in [0.4, 0.5) is 11.4 Å². The van der Waals surface area contributed by atoms with Crippen LogP contribution in [0.2, 0.25) is 0 Å². The van der Waals surface area contributed by atoms with Crippen LogP contribution in [0.25, 0.3) is 0 Å². The zero-order valence-electron chi connectivity index (χ0n) is 12.8. The molecule has 23 heavy (non-hydrogen) atoms. The molecule has 0 aromatic heterocycles. The molecule has 0 aliphatic heterocycles. The Bertz CT molecular complexity index is 727. The number of halogens is 1. The van der Waals surface area contributed by atoms with E-state index in [-0.39, 0.29) is 6.04 Å². The van der Waals surface area contributed by atoms with E-state index >= 15 is 0 Å². The summed E-state index contributed by atoms with van der Waals surface area (Å²) in [7, 11) is 0. The molecule has 0 amide bonds. The molecule has 3 rings (SSSR count). The molecule has 116 valence electrons. The molecule has 0 bridgehead atoms. The standard InChI is InChI=1S/C20H19BrN2/c21-17-11-13-19(14-12-17)23(18-9-5-2-6-10-18)20(15-22)16-7-3-1-4-8-16/h1-14,20H,15,22H2. The number of rotatable bonds is 5. The van der Waals surface area contributed by atoms with Gasteiger partial charge in [0.15, 0.2) is 0 Å². The van der Waals surface area contributed by atoms with Crippen LogP contribution in [-0.4, -0.2) is 6.54 Å². The van der Waals surface area contributed by atoms with Gasteiger partial charge < -0.3 is 10.6 Å². The topological polar surface area (TPSA) is 29.3 Å². The third-order valence-corrected chi connectivity index (χ3v) is 4.39. The fourth-order valence-electron chi connectivity index (χ4n) is 2.77. The van der Waals surface area contributed by atoms with Crippen molar-refractivity contribution in [3.63, 3.8) is 0 Å². The van der Waals surface area contributed by atoms with Gasteiger partial charge in [0.2, 0.25) is 0 Å². The Kier molecular flexibility index (Phi) is 5.11. The maximum Gasteiger partial charge on any atom is 0.0713 e. The van der Waals surface area contributed by atoms with Crippen LogP contribution in [0, 0.1) is 0 Å². The summed E-state index contributed by atoms with van der Waals surface area (Å²) in [6.45, 7) is 0.537. The lowest BCUT2D eigenvalue weighted by atomic mass is 10.0. The first kappa shape index (κ1) is 15.8. The van der Waals surface area contributed by atoms with Gasteiger partial charge in [-0.3, -0.25) is 0 Å². The predicted octanol–water partition coefficient (Wildman–Crippen LogP) is 5.29. The molecule has 2 N–H and O–H groups in total. The van der Waals surface area contributed by atoms with Gasteiger partial charge in [-0.1, -0.05) is 64.5 Å². The van der Waals surface area contributed by atoms with Crippen LogP contribution < -0.4 is 10.6 Å². The van der Waals surface area contributed by atoms with Crippen molar-refractivity contribution in [2.75, 3.05) is 11.4 Å². The lowest BCUT2D eigenvalue weighted by molar-refractivity contribution is 0.707. The largest absolute Gasteiger partial charge is 0.333 e. The van der Waals surface area contributed by atoms with E-state index in [2.05, 4.69) is 93.6 Å². The molecule has 1 atom stereocenters. The number of anilines is 2. The highest BCUT2D eigenvalue weighted by Gasteiger charge is 2.21. The Labute approximate surface area is 145 Å². The predicted molar refractivity (Wildman–Crippen MR) is 101 cm³/mol. The number of nitrogens with two attached hydrogens (primary N) is 1. The molecule has 0 radical (unpaired) electrons. The number of benzene rings is 3. The van der Waals surface area contributed by atoms with Crippen LogP contribution >= 0.6 is 15.9 Å². The molecule has 0 saturated carbocycles. The molecule has 1 unspecified atom stereocenters. The van der Waals surface area contributed by atoms with E-state index < -0.39 is 0 Å². The zero-order valence-corrected chi connectivity index (χ0v) is 14.4. The van der Waals surface area contributed by atoms with Crippen molar-refractivity contribution in [1.82, 2.24) is 0 Å². The highest BCUT2D eigenvalue weighted by Crippen LogP contribution is 2.35. The van der Waals surface area contributed by atoms with Gasteiger partial charge in [0.05, 0.1) is 6.04 Å². The Balaban J connectivity index is 2.09. The van der Waals surface area contributed by atoms with Crippen molar-refractivity contribution < 1.29 is 0 Å². The first-order chi connectivity index (χ1) is 11.3. The second-order valence-electron chi connectivity index (χ2n) is 5.34. The normalized spacial score (nSPS) is 11.9. The first-order valence-electron chi connectivity index (χ1n) is 7.64. The fourth-order valence-corrected chi connectivity index (χ4v) is 3.03. The van der Waals surface area contributed by atoms with Crippen LogP contribution in [0.5, 0.6) is 0 Å². The van der Waals surface area contributed by atoms with Gasteiger partial charge in [-0.05, 0) is 42.0 Å². The average molecular weight is 367 g/mol. The quantitative estimate of drug-likeness (QED) is 0.664. The van der Waals surface area contributed by atoms with Gasteiger partial charge >= 0.3 is 0 Å². The zero-order chi connectivity index (χ0) is 16.1. The third kappa shape index (κ3) is 3.63. The van der Waals surface area contributed by atoms with Crippen molar-refractivity contribution in [2.24, 2.45) is 5.73 Å². The summed E-state index contributed by atoms with van der Waals surface area (Å²) in [5.41, 5.74) is 9.63. The fraction of sp³-hybridized carbons (Fsp3) is 0.100. The van der Waals surface area contributed by atoms with E-state index in [0.29, 0.717) is 6.54 Å². The third-order valence-electron chi connectivity index (χ3n) is 3.86. The molecular weight excluding hydrogens is 348 g/mol.